The van der Waals surface area contributed by atoms with E-state index in [0.717, 1.165) is 50.5 Å². The minimum atomic E-state index is -0.262. The van der Waals surface area contributed by atoms with Crippen molar-refractivity contribution in [3.8, 4) is 0 Å². The van der Waals surface area contributed by atoms with Crippen LogP contribution in [0.2, 0.25) is 0 Å². The van der Waals surface area contributed by atoms with Gasteiger partial charge in [-0.2, -0.15) is 0 Å². The highest BCUT2D eigenvalue weighted by atomic mass is 19.1. The lowest BCUT2D eigenvalue weighted by Crippen LogP contribution is -2.52. The van der Waals surface area contributed by atoms with Gasteiger partial charge in [-0.1, -0.05) is 13.8 Å². The summed E-state index contributed by atoms with van der Waals surface area (Å²) < 4.78 is 13.5. The summed E-state index contributed by atoms with van der Waals surface area (Å²) in [5.41, 5.74) is 0.684. The molecule has 0 radical (unpaired) electrons. The summed E-state index contributed by atoms with van der Waals surface area (Å²) in [6.45, 7) is 10.1. The number of fused-ring (bicyclic) bond motifs is 1. The molecular formula is C22H29FN4O. The number of hydrogen-bond donors (Lipinski definition) is 0. The second-order valence-corrected chi connectivity index (χ2v) is 8.51. The molecule has 2 aliphatic heterocycles. The SMILES string of the molecule is CC1CC(C)CN(C(=O)CN2CCN(c3ccc4ccc(F)cc4n3)CC2)C1. The summed E-state index contributed by atoms with van der Waals surface area (Å²) in [6.07, 6.45) is 1.21. The zero-order chi connectivity index (χ0) is 19.7. The van der Waals surface area contributed by atoms with E-state index in [1.807, 2.05) is 17.0 Å². The number of amides is 1. The number of anilines is 1. The van der Waals surface area contributed by atoms with Crippen molar-refractivity contribution < 1.29 is 9.18 Å². The number of hydrogen-bond acceptors (Lipinski definition) is 4. The molecule has 2 aliphatic rings. The number of pyridine rings is 1. The van der Waals surface area contributed by atoms with Gasteiger partial charge in [0, 0.05) is 50.7 Å². The Morgan fingerprint density at radius 3 is 2.46 bits per heavy atom. The number of benzene rings is 1. The Bertz CT molecular complexity index is 840. The Balaban J connectivity index is 1.34. The average molecular weight is 384 g/mol. The van der Waals surface area contributed by atoms with Crippen LogP contribution in [-0.2, 0) is 4.79 Å². The summed E-state index contributed by atoms with van der Waals surface area (Å²) in [4.78, 5) is 23.8. The molecule has 0 aliphatic carbocycles. The molecule has 2 unspecified atom stereocenters. The van der Waals surface area contributed by atoms with Crippen molar-refractivity contribution in [2.75, 3.05) is 50.7 Å². The summed E-state index contributed by atoms with van der Waals surface area (Å²) in [7, 11) is 0. The molecule has 2 aromatic rings. The maximum absolute atomic E-state index is 13.5. The Labute approximate surface area is 166 Å². The van der Waals surface area contributed by atoms with E-state index < -0.39 is 0 Å². The quantitative estimate of drug-likeness (QED) is 0.816. The van der Waals surface area contributed by atoms with E-state index in [9.17, 15) is 9.18 Å². The van der Waals surface area contributed by atoms with Gasteiger partial charge < -0.3 is 9.80 Å². The number of carbonyl (C=O) groups excluding carboxylic acids is 1. The molecule has 2 atom stereocenters. The number of halogens is 1. The zero-order valence-electron chi connectivity index (χ0n) is 16.8. The van der Waals surface area contributed by atoms with Gasteiger partial charge in [0.1, 0.15) is 11.6 Å². The van der Waals surface area contributed by atoms with Crippen LogP contribution >= 0.6 is 0 Å². The Morgan fingerprint density at radius 2 is 1.75 bits per heavy atom. The van der Waals surface area contributed by atoms with E-state index >= 15 is 0 Å². The third-order valence-electron chi connectivity index (χ3n) is 5.92. The standard InChI is InChI=1S/C22H29FN4O/c1-16-11-17(2)14-27(13-16)22(28)15-25-7-9-26(10-8-25)21-6-4-18-3-5-19(23)12-20(18)24-21/h3-6,12,16-17H,7-11,13-15H2,1-2H3. The first kappa shape index (κ1) is 19.1. The first-order valence-electron chi connectivity index (χ1n) is 10.3. The minimum absolute atomic E-state index is 0.256. The second kappa shape index (κ2) is 8.03. The first-order chi connectivity index (χ1) is 13.5. The normalized spacial score (nSPS) is 24.0. The topological polar surface area (TPSA) is 39.7 Å². The van der Waals surface area contributed by atoms with Gasteiger partial charge in [-0.15, -0.1) is 0 Å². The van der Waals surface area contributed by atoms with Crippen LogP contribution in [0.4, 0.5) is 10.2 Å². The Kier molecular flexibility index (Phi) is 5.49. The molecule has 0 N–H and O–H groups in total. The molecule has 1 aromatic carbocycles. The third-order valence-corrected chi connectivity index (χ3v) is 5.92. The molecule has 1 aromatic heterocycles. The van der Waals surface area contributed by atoms with E-state index in [-0.39, 0.29) is 11.7 Å². The van der Waals surface area contributed by atoms with Gasteiger partial charge in [0.15, 0.2) is 0 Å². The lowest BCUT2D eigenvalue weighted by atomic mass is 9.92. The fourth-order valence-electron chi connectivity index (χ4n) is 4.55. The number of aromatic nitrogens is 1. The van der Waals surface area contributed by atoms with Gasteiger partial charge in [-0.3, -0.25) is 9.69 Å². The van der Waals surface area contributed by atoms with Crippen molar-refractivity contribution in [1.82, 2.24) is 14.8 Å². The fraction of sp³-hybridized carbons (Fsp3) is 0.545. The molecule has 0 saturated carbocycles. The molecular weight excluding hydrogens is 355 g/mol. The highest BCUT2D eigenvalue weighted by molar-refractivity contribution is 5.80. The molecule has 1 amide bonds. The molecule has 3 heterocycles. The van der Waals surface area contributed by atoms with Gasteiger partial charge in [0.2, 0.25) is 5.91 Å². The van der Waals surface area contributed by atoms with Crippen LogP contribution in [-0.4, -0.2) is 66.5 Å². The number of piperazine rings is 1. The zero-order valence-corrected chi connectivity index (χ0v) is 16.8. The number of carbonyl (C=O) groups is 1. The van der Waals surface area contributed by atoms with Crippen molar-refractivity contribution in [3.63, 3.8) is 0 Å². The maximum Gasteiger partial charge on any atom is 0.236 e. The molecule has 6 heteroatoms. The van der Waals surface area contributed by atoms with Crippen molar-refractivity contribution in [2.24, 2.45) is 11.8 Å². The van der Waals surface area contributed by atoms with E-state index in [1.54, 1.807) is 6.07 Å². The lowest BCUT2D eigenvalue weighted by molar-refractivity contribution is -0.135. The van der Waals surface area contributed by atoms with Crippen LogP contribution in [0.3, 0.4) is 0 Å². The van der Waals surface area contributed by atoms with Crippen molar-refractivity contribution in [3.05, 3.63) is 36.1 Å². The van der Waals surface area contributed by atoms with E-state index in [2.05, 4.69) is 28.6 Å². The Hall–Kier alpha value is -2.21. The molecule has 0 bridgehead atoms. The number of nitrogens with zero attached hydrogens (tertiary/aromatic N) is 4. The van der Waals surface area contributed by atoms with Crippen LogP contribution in [0, 0.1) is 17.7 Å². The lowest BCUT2D eigenvalue weighted by Gasteiger charge is -2.38. The summed E-state index contributed by atoms with van der Waals surface area (Å²) in [6, 6.07) is 8.69. The van der Waals surface area contributed by atoms with Crippen LogP contribution in [0.1, 0.15) is 20.3 Å². The molecule has 4 rings (SSSR count). The molecule has 150 valence electrons. The van der Waals surface area contributed by atoms with Crippen LogP contribution in [0.25, 0.3) is 10.9 Å². The second-order valence-electron chi connectivity index (χ2n) is 8.51. The van der Waals surface area contributed by atoms with Crippen LogP contribution in [0.15, 0.2) is 30.3 Å². The van der Waals surface area contributed by atoms with E-state index in [1.165, 1.54) is 18.6 Å². The minimum Gasteiger partial charge on any atom is -0.354 e. The van der Waals surface area contributed by atoms with E-state index in [4.69, 9.17) is 0 Å². The van der Waals surface area contributed by atoms with E-state index in [0.29, 0.717) is 23.9 Å². The third kappa shape index (κ3) is 4.27. The first-order valence-corrected chi connectivity index (χ1v) is 10.3. The summed E-state index contributed by atoms with van der Waals surface area (Å²) in [5.74, 6) is 2.05. The fourth-order valence-corrected chi connectivity index (χ4v) is 4.55. The smallest absolute Gasteiger partial charge is 0.236 e. The highest BCUT2D eigenvalue weighted by Crippen LogP contribution is 2.22. The largest absolute Gasteiger partial charge is 0.354 e. The molecule has 5 nitrogen and oxygen atoms in total. The maximum atomic E-state index is 13.5. The number of rotatable bonds is 3. The summed E-state index contributed by atoms with van der Waals surface area (Å²) in [5, 5.41) is 0.944. The van der Waals surface area contributed by atoms with Gasteiger partial charge in [0.05, 0.1) is 12.1 Å². The highest BCUT2D eigenvalue weighted by Gasteiger charge is 2.27. The van der Waals surface area contributed by atoms with Crippen LogP contribution < -0.4 is 4.90 Å². The Morgan fingerprint density at radius 1 is 1.07 bits per heavy atom. The van der Waals surface area contributed by atoms with Crippen LogP contribution in [0.5, 0.6) is 0 Å². The average Bonchev–Trinajstić information content (AvgIpc) is 2.67. The van der Waals surface area contributed by atoms with Crippen molar-refractivity contribution in [2.45, 2.75) is 20.3 Å². The van der Waals surface area contributed by atoms with Gasteiger partial charge in [-0.05, 0) is 42.5 Å². The molecule has 2 fully saturated rings. The molecule has 0 spiro atoms. The van der Waals surface area contributed by atoms with Gasteiger partial charge >= 0.3 is 0 Å². The molecule has 2 saturated heterocycles. The van der Waals surface area contributed by atoms with Gasteiger partial charge in [-0.25, -0.2) is 9.37 Å². The number of piperidine rings is 1. The van der Waals surface area contributed by atoms with Crippen molar-refractivity contribution in [1.29, 1.82) is 0 Å². The summed E-state index contributed by atoms with van der Waals surface area (Å²) >= 11 is 0. The molecule has 28 heavy (non-hydrogen) atoms. The number of likely N-dealkylation sites (tertiary alicyclic amines) is 1. The van der Waals surface area contributed by atoms with Gasteiger partial charge in [0.25, 0.3) is 0 Å². The monoisotopic (exact) mass is 384 g/mol. The predicted molar refractivity (Wildman–Crippen MR) is 110 cm³/mol. The predicted octanol–water partition coefficient (Wildman–Crippen LogP) is 3.00. The van der Waals surface area contributed by atoms with Crippen molar-refractivity contribution >= 4 is 22.6 Å².